The lowest BCUT2D eigenvalue weighted by Gasteiger charge is -2.27. The molecule has 0 saturated carbocycles. The standard InChI is InChI=1S/C14H20N2.2ClH/c1-2-13-5-4-12(10-14(13)3-1)11-16-8-6-15-7-9-16;;/h4-5,10,15H,1-3,6-9,11H2;2*1H. The van der Waals surface area contributed by atoms with Crippen LogP contribution in [-0.2, 0) is 19.4 Å². The van der Waals surface area contributed by atoms with Crippen molar-refractivity contribution < 1.29 is 0 Å². The van der Waals surface area contributed by atoms with Gasteiger partial charge in [0.15, 0.2) is 0 Å². The minimum absolute atomic E-state index is 0. The molecule has 1 fully saturated rings. The summed E-state index contributed by atoms with van der Waals surface area (Å²) < 4.78 is 0. The summed E-state index contributed by atoms with van der Waals surface area (Å²) in [5.74, 6) is 0. The fourth-order valence-electron chi connectivity index (χ4n) is 2.85. The Morgan fingerprint density at radius 2 is 1.72 bits per heavy atom. The molecule has 0 amide bonds. The predicted molar refractivity (Wildman–Crippen MR) is 81.1 cm³/mol. The second-order valence-electron chi connectivity index (χ2n) is 4.98. The van der Waals surface area contributed by atoms with Gasteiger partial charge in [-0.1, -0.05) is 18.2 Å². The lowest BCUT2D eigenvalue weighted by molar-refractivity contribution is 0.233. The molecule has 1 aliphatic carbocycles. The number of benzene rings is 1. The first-order chi connectivity index (χ1) is 7.92. The zero-order valence-corrected chi connectivity index (χ0v) is 12.3. The fraction of sp³-hybridized carbons (Fsp3) is 0.571. The van der Waals surface area contributed by atoms with Gasteiger partial charge in [0.25, 0.3) is 0 Å². The van der Waals surface area contributed by atoms with E-state index in [0.717, 1.165) is 19.6 Å². The van der Waals surface area contributed by atoms with Gasteiger partial charge in [-0.15, -0.1) is 24.8 Å². The number of hydrogen-bond donors (Lipinski definition) is 1. The molecule has 4 heteroatoms. The first kappa shape index (κ1) is 15.8. The van der Waals surface area contributed by atoms with E-state index < -0.39 is 0 Å². The monoisotopic (exact) mass is 288 g/mol. The maximum atomic E-state index is 3.40. The molecule has 18 heavy (non-hydrogen) atoms. The minimum Gasteiger partial charge on any atom is -0.314 e. The summed E-state index contributed by atoms with van der Waals surface area (Å²) in [7, 11) is 0. The van der Waals surface area contributed by atoms with Crippen LogP contribution < -0.4 is 5.32 Å². The molecule has 1 heterocycles. The van der Waals surface area contributed by atoms with Crippen molar-refractivity contribution in [3.63, 3.8) is 0 Å². The lowest BCUT2D eigenvalue weighted by Crippen LogP contribution is -2.42. The summed E-state index contributed by atoms with van der Waals surface area (Å²) in [5, 5.41) is 3.40. The topological polar surface area (TPSA) is 15.3 Å². The maximum absolute atomic E-state index is 3.40. The minimum atomic E-state index is 0. The SMILES string of the molecule is Cl.Cl.c1cc2c(cc1CN1CCNCC1)CCC2. The molecule has 0 bridgehead atoms. The molecular formula is C14H22Cl2N2. The van der Waals surface area contributed by atoms with Gasteiger partial charge in [0, 0.05) is 32.7 Å². The van der Waals surface area contributed by atoms with E-state index in [1.807, 2.05) is 0 Å². The molecule has 1 aromatic carbocycles. The van der Waals surface area contributed by atoms with E-state index in [-0.39, 0.29) is 24.8 Å². The maximum Gasteiger partial charge on any atom is 0.0234 e. The van der Waals surface area contributed by atoms with Crippen molar-refractivity contribution in [1.82, 2.24) is 10.2 Å². The predicted octanol–water partition coefficient (Wildman–Crippen LogP) is 2.42. The molecule has 0 radical (unpaired) electrons. The van der Waals surface area contributed by atoms with Crippen LogP contribution in [0.1, 0.15) is 23.1 Å². The van der Waals surface area contributed by atoms with Crippen molar-refractivity contribution in [2.24, 2.45) is 0 Å². The van der Waals surface area contributed by atoms with E-state index >= 15 is 0 Å². The molecule has 0 unspecified atom stereocenters. The van der Waals surface area contributed by atoms with E-state index in [1.165, 1.54) is 37.9 Å². The zero-order chi connectivity index (χ0) is 10.8. The van der Waals surface area contributed by atoms with Gasteiger partial charge in [-0.3, -0.25) is 4.90 Å². The highest BCUT2D eigenvalue weighted by Crippen LogP contribution is 2.23. The fourth-order valence-corrected chi connectivity index (χ4v) is 2.85. The summed E-state index contributed by atoms with van der Waals surface area (Å²) in [5.41, 5.74) is 4.69. The molecule has 3 rings (SSSR count). The lowest BCUT2D eigenvalue weighted by atomic mass is 10.1. The molecule has 1 aromatic rings. The summed E-state index contributed by atoms with van der Waals surface area (Å²) >= 11 is 0. The second-order valence-corrected chi connectivity index (χ2v) is 4.98. The largest absolute Gasteiger partial charge is 0.314 e. The van der Waals surface area contributed by atoms with Gasteiger partial charge < -0.3 is 5.32 Å². The summed E-state index contributed by atoms with van der Waals surface area (Å²) in [6.07, 6.45) is 3.94. The van der Waals surface area contributed by atoms with E-state index in [4.69, 9.17) is 0 Å². The van der Waals surface area contributed by atoms with Crippen LogP contribution in [0.2, 0.25) is 0 Å². The van der Waals surface area contributed by atoms with E-state index in [0.29, 0.717) is 0 Å². The molecule has 2 nitrogen and oxygen atoms in total. The summed E-state index contributed by atoms with van der Waals surface area (Å²) in [6.45, 7) is 5.80. The summed E-state index contributed by atoms with van der Waals surface area (Å²) in [4.78, 5) is 2.55. The van der Waals surface area contributed by atoms with Crippen LogP contribution in [0.25, 0.3) is 0 Å². The van der Waals surface area contributed by atoms with Crippen LogP contribution in [0, 0.1) is 0 Å². The average Bonchev–Trinajstić information content (AvgIpc) is 2.77. The number of halogens is 2. The Morgan fingerprint density at radius 3 is 2.50 bits per heavy atom. The van der Waals surface area contributed by atoms with Crippen LogP contribution in [0.15, 0.2) is 18.2 Å². The van der Waals surface area contributed by atoms with Crippen LogP contribution in [0.4, 0.5) is 0 Å². The van der Waals surface area contributed by atoms with Crippen LogP contribution in [0.5, 0.6) is 0 Å². The van der Waals surface area contributed by atoms with E-state index in [9.17, 15) is 0 Å². The number of nitrogens with zero attached hydrogens (tertiary/aromatic N) is 1. The third-order valence-electron chi connectivity index (χ3n) is 3.78. The van der Waals surface area contributed by atoms with Crippen LogP contribution in [-0.4, -0.2) is 31.1 Å². The number of fused-ring (bicyclic) bond motifs is 1. The van der Waals surface area contributed by atoms with Crippen molar-refractivity contribution in [1.29, 1.82) is 0 Å². The first-order valence-corrected chi connectivity index (χ1v) is 6.45. The number of aryl methyl sites for hydroxylation is 2. The highest BCUT2D eigenvalue weighted by Gasteiger charge is 2.13. The smallest absolute Gasteiger partial charge is 0.0234 e. The molecular weight excluding hydrogens is 267 g/mol. The van der Waals surface area contributed by atoms with Crippen molar-refractivity contribution in [3.8, 4) is 0 Å². The van der Waals surface area contributed by atoms with E-state index in [1.54, 1.807) is 11.1 Å². The molecule has 0 atom stereocenters. The molecule has 2 aliphatic rings. The third kappa shape index (κ3) is 3.61. The Hall–Kier alpha value is -0.280. The van der Waals surface area contributed by atoms with Crippen molar-refractivity contribution in [2.45, 2.75) is 25.8 Å². The Kier molecular flexibility index (Phi) is 6.44. The number of hydrogen-bond acceptors (Lipinski definition) is 2. The molecule has 1 N–H and O–H groups in total. The van der Waals surface area contributed by atoms with Crippen LogP contribution >= 0.6 is 24.8 Å². The highest BCUT2D eigenvalue weighted by atomic mass is 35.5. The Bertz CT molecular complexity index is 376. The van der Waals surface area contributed by atoms with Gasteiger partial charge in [0.2, 0.25) is 0 Å². The van der Waals surface area contributed by atoms with E-state index in [2.05, 4.69) is 28.4 Å². The van der Waals surface area contributed by atoms with Crippen molar-refractivity contribution in [3.05, 3.63) is 34.9 Å². The average molecular weight is 289 g/mol. The quantitative estimate of drug-likeness (QED) is 0.899. The Labute approximate surface area is 122 Å². The number of rotatable bonds is 2. The van der Waals surface area contributed by atoms with Gasteiger partial charge >= 0.3 is 0 Å². The van der Waals surface area contributed by atoms with Crippen molar-refractivity contribution in [2.75, 3.05) is 26.2 Å². The first-order valence-electron chi connectivity index (χ1n) is 6.45. The van der Waals surface area contributed by atoms with Crippen LogP contribution in [0.3, 0.4) is 0 Å². The van der Waals surface area contributed by atoms with Gasteiger partial charge in [-0.25, -0.2) is 0 Å². The molecule has 1 aliphatic heterocycles. The zero-order valence-electron chi connectivity index (χ0n) is 10.7. The summed E-state index contributed by atoms with van der Waals surface area (Å²) in [6, 6.07) is 7.11. The molecule has 102 valence electrons. The van der Waals surface area contributed by atoms with Gasteiger partial charge in [0.1, 0.15) is 0 Å². The molecule has 1 saturated heterocycles. The second kappa shape index (κ2) is 7.34. The highest BCUT2D eigenvalue weighted by molar-refractivity contribution is 5.85. The molecule has 0 spiro atoms. The Morgan fingerprint density at radius 1 is 1.00 bits per heavy atom. The van der Waals surface area contributed by atoms with Gasteiger partial charge in [0.05, 0.1) is 0 Å². The number of nitrogens with one attached hydrogen (secondary N) is 1. The van der Waals surface area contributed by atoms with Gasteiger partial charge in [-0.05, 0) is 36.0 Å². The Balaban J connectivity index is 0.000000810. The van der Waals surface area contributed by atoms with Gasteiger partial charge in [-0.2, -0.15) is 0 Å². The normalized spacial score (nSPS) is 18.7. The number of piperazine rings is 1. The third-order valence-corrected chi connectivity index (χ3v) is 3.78. The molecule has 0 aromatic heterocycles. The van der Waals surface area contributed by atoms with Crippen molar-refractivity contribution >= 4 is 24.8 Å².